The molecule has 0 spiro atoms. The average Bonchev–Trinajstić information content (AvgIpc) is 2.27. The number of nitrogens with zero attached hydrogens (tertiary/aromatic N) is 1. The third-order valence-electron chi connectivity index (χ3n) is 1.98. The molecule has 0 atom stereocenters. The first-order chi connectivity index (χ1) is 8.01. The van der Waals surface area contributed by atoms with Crippen LogP contribution in [0.1, 0.15) is 34.8 Å². The molecule has 1 aromatic carbocycles. The van der Waals surface area contributed by atoms with Crippen LogP contribution in [-0.2, 0) is 4.74 Å². The molecular formula is C11H8BrF2NO2. The van der Waals surface area contributed by atoms with Gasteiger partial charge in [-0.05, 0) is 19.1 Å². The molecule has 0 unspecified atom stereocenters. The van der Waals surface area contributed by atoms with Gasteiger partial charge in [0.15, 0.2) is 0 Å². The van der Waals surface area contributed by atoms with Crippen LogP contribution in [0.25, 0.3) is 0 Å². The highest BCUT2D eigenvalue weighted by molar-refractivity contribution is 9.10. The van der Waals surface area contributed by atoms with Crippen LogP contribution < -0.4 is 0 Å². The fourth-order valence-electron chi connectivity index (χ4n) is 1.26. The Morgan fingerprint density at radius 1 is 1.59 bits per heavy atom. The van der Waals surface area contributed by atoms with Gasteiger partial charge in [0.1, 0.15) is 0 Å². The van der Waals surface area contributed by atoms with E-state index in [1.54, 1.807) is 13.0 Å². The van der Waals surface area contributed by atoms with E-state index in [9.17, 15) is 13.6 Å². The lowest BCUT2D eigenvalue weighted by Gasteiger charge is -2.08. The molecule has 0 aliphatic rings. The molecule has 0 aliphatic carbocycles. The summed E-state index contributed by atoms with van der Waals surface area (Å²) in [6, 6.07) is 3.96. The fraction of sp³-hybridized carbons (Fsp3) is 0.273. The average molecular weight is 304 g/mol. The van der Waals surface area contributed by atoms with Crippen LogP contribution in [0.5, 0.6) is 0 Å². The molecule has 0 aromatic heterocycles. The number of carbonyl (C=O) groups is 1. The molecule has 3 nitrogen and oxygen atoms in total. The Hall–Kier alpha value is -1.48. The molecule has 90 valence electrons. The van der Waals surface area contributed by atoms with Gasteiger partial charge in [0.25, 0.3) is 6.43 Å². The molecule has 17 heavy (non-hydrogen) atoms. The number of ether oxygens (including phenoxy) is 1. The van der Waals surface area contributed by atoms with Gasteiger partial charge in [0.05, 0.1) is 23.8 Å². The Morgan fingerprint density at radius 2 is 2.24 bits per heavy atom. The molecule has 0 fully saturated rings. The Kier molecular flexibility index (Phi) is 4.58. The molecule has 0 radical (unpaired) electrons. The van der Waals surface area contributed by atoms with E-state index in [4.69, 9.17) is 10.00 Å². The largest absolute Gasteiger partial charge is 0.462 e. The Balaban J connectivity index is 3.28. The van der Waals surface area contributed by atoms with Crippen molar-refractivity contribution < 1.29 is 18.3 Å². The van der Waals surface area contributed by atoms with Gasteiger partial charge in [-0.15, -0.1) is 0 Å². The third kappa shape index (κ3) is 3.01. The number of esters is 1. The summed E-state index contributed by atoms with van der Waals surface area (Å²) < 4.78 is 30.1. The highest BCUT2D eigenvalue weighted by atomic mass is 79.9. The second kappa shape index (κ2) is 5.73. The van der Waals surface area contributed by atoms with Crippen molar-refractivity contribution in [1.29, 1.82) is 5.26 Å². The number of halogens is 3. The first kappa shape index (κ1) is 13.6. The van der Waals surface area contributed by atoms with E-state index in [2.05, 4.69) is 15.9 Å². The first-order valence-corrected chi connectivity index (χ1v) is 5.49. The number of alkyl halides is 2. The Morgan fingerprint density at radius 3 is 2.71 bits per heavy atom. The van der Waals surface area contributed by atoms with Gasteiger partial charge < -0.3 is 4.74 Å². The van der Waals surface area contributed by atoms with Crippen LogP contribution in [0.2, 0.25) is 0 Å². The number of carbonyl (C=O) groups excluding carboxylic acids is 1. The zero-order chi connectivity index (χ0) is 13.0. The van der Waals surface area contributed by atoms with Crippen molar-refractivity contribution in [2.75, 3.05) is 6.61 Å². The number of nitriles is 1. The maximum Gasteiger partial charge on any atom is 0.338 e. The van der Waals surface area contributed by atoms with Crippen molar-refractivity contribution in [2.45, 2.75) is 13.3 Å². The number of hydrogen-bond acceptors (Lipinski definition) is 3. The number of benzene rings is 1. The normalized spacial score (nSPS) is 10.1. The topological polar surface area (TPSA) is 50.1 Å². The lowest BCUT2D eigenvalue weighted by Crippen LogP contribution is -2.06. The zero-order valence-electron chi connectivity index (χ0n) is 8.84. The molecule has 1 aromatic rings. The van der Waals surface area contributed by atoms with E-state index in [1.165, 1.54) is 6.07 Å². The summed E-state index contributed by atoms with van der Waals surface area (Å²) >= 11 is 2.92. The van der Waals surface area contributed by atoms with Gasteiger partial charge in [0, 0.05) is 10.0 Å². The lowest BCUT2D eigenvalue weighted by molar-refractivity contribution is 0.0526. The van der Waals surface area contributed by atoms with Gasteiger partial charge in [-0.1, -0.05) is 15.9 Å². The second-order valence-electron chi connectivity index (χ2n) is 3.05. The van der Waals surface area contributed by atoms with Crippen molar-refractivity contribution in [3.05, 3.63) is 33.3 Å². The van der Waals surface area contributed by atoms with Crippen LogP contribution in [0, 0.1) is 11.3 Å². The van der Waals surface area contributed by atoms with Crippen LogP contribution in [0.4, 0.5) is 8.78 Å². The second-order valence-corrected chi connectivity index (χ2v) is 3.91. The summed E-state index contributed by atoms with van der Waals surface area (Å²) in [7, 11) is 0. The van der Waals surface area contributed by atoms with Gasteiger partial charge in [-0.25, -0.2) is 13.6 Å². The summed E-state index contributed by atoms with van der Waals surface area (Å²) in [5.41, 5.74) is -0.586. The molecule has 0 saturated heterocycles. The zero-order valence-corrected chi connectivity index (χ0v) is 10.4. The quantitative estimate of drug-likeness (QED) is 0.804. The molecule has 0 amide bonds. The predicted octanol–water partition coefficient (Wildman–Crippen LogP) is 3.44. The highest BCUT2D eigenvalue weighted by Gasteiger charge is 2.20. The van der Waals surface area contributed by atoms with E-state index < -0.39 is 18.0 Å². The smallest absolute Gasteiger partial charge is 0.338 e. The van der Waals surface area contributed by atoms with Crippen LogP contribution >= 0.6 is 15.9 Å². The predicted molar refractivity (Wildman–Crippen MR) is 59.8 cm³/mol. The Bertz CT molecular complexity index is 483. The van der Waals surface area contributed by atoms with Crippen LogP contribution in [-0.4, -0.2) is 12.6 Å². The summed E-state index contributed by atoms with van der Waals surface area (Å²) in [6.07, 6.45) is -2.78. The molecule has 1 rings (SSSR count). The highest BCUT2D eigenvalue weighted by Crippen LogP contribution is 2.31. The summed E-state index contributed by atoms with van der Waals surface area (Å²) in [6.45, 7) is 1.81. The van der Waals surface area contributed by atoms with Gasteiger partial charge >= 0.3 is 5.97 Å². The van der Waals surface area contributed by atoms with Gasteiger partial charge in [0.2, 0.25) is 0 Å². The van der Waals surface area contributed by atoms with Crippen molar-refractivity contribution in [3.8, 4) is 6.07 Å². The molecular weight excluding hydrogens is 296 g/mol. The molecule has 0 heterocycles. The summed E-state index contributed by atoms with van der Waals surface area (Å²) in [4.78, 5) is 11.4. The molecule has 0 aliphatic heterocycles. The van der Waals surface area contributed by atoms with Gasteiger partial charge in [-0.2, -0.15) is 5.26 Å². The van der Waals surface area contributed by atoms with Crippen molar-refractivity contribution >= 4 is 21.9 Å². The number of hydrogen-bond donors (Lipinski definition) is 0. The third-order valence-corrected chi connectivity index (χ3v) is 2.64. The maximum absolute atomic E-state index is 12.7. The lowest BCUT2D eigenvalue weighted by atomic mass is 10.1. The van der Waals surface area contributed by atoms with E-state index in [-0.39, 0.29) is 22.2 Å². The molecule has 6 heteroatoms. The fourth-order valence-corrected chi connectivity index (χ4v) is 1.90. The van der Waals surface area contributed by atoms with Gasteiger partial charge in [-0.3, -0.25) is 0 Å². The molecule has 0 N–H and O–H groups in total. The van der Waals surface area contributed by atoms with Crippen LogP contribution in [0.15, 0.2) is 16.6 Å². The van der Waals surface area contributed by atoms with Crippen LogP contribution in [0.3, 0.4) is 0 Å². The van der Waals surface area contributed by atoms with Crippen molar-refractivity contribution in [1.82, 2.24) is 0 Å². The Labute approximate surface area is 105 Å². The standard InChI is InChI=1S/C11H8BrF2NO2/c1-2-17-11(16)6-3-7(5-15)9(10(13)14)8(12)4-6/h3-4,10H,2H2,1H3. The van der Waals surface area contributed by atoms with E-state index >= 15 is 0 Å². The summed E-state index contributed by atoms with van der Waals surface area (Å²) in [5.74, 6) is -0.648. The molecule has 0 saturated carbocycles. The SMILES string of the molecule is CCOC(=O)c1cc(Br)c(C(F)F)c(C#N)c1. The summed E-state index contributed by atoms with van der Waals surface area (Å²) in [5, 5.41) is 8.77. The van der Waals surface area contributed by atoms with Crippen molar-refractivity contribution in [3.63, 3.8) is 0 Å². The van der Waals surface area contributed by atoms with E-state index in [1.807, 2.05) is 0 Å². The first-order valence-electron chi connectivity index (χ1n) is 4.70. The van der Waals surface area contributed by atoms with E-state index in [0.717, 1.165) is 6.07 Å². The molecule has 0 bridgehead atoms. The minimum absolute atomic E-state index is 0.0228. The minimum Gasteiger partial charge on any atom is -0.462 e. The van der Waals surface area contributed by atoms with Crippen molar-refractivity contribution in [2.24, 2.45) is 0 Å². The van der Waals surface area contributed by atoms with E-state index in [0.29, 0.717) is 0 Å². The maximum atomic E-state index is 12.7. The monoisotopic (exact) mass is 303 g/mol. The minimum atomic E-state index is -2.78. The number of rotatable bonds is 3.